The standard InChI is InChI=1S/C18H20N2O3S/c1-13(16-3-2-12-24-16)17(21)19-15-6-4-14(5-7-15)8-9-20-10-11-23-18(20)22/h2-7,12-13H,8-11H2,1H3,(H,19,21)/t13-/m1/s1. The highest BCUT2D eigenvalue weighted by Crippen LogP contribution is 2.22. The number of anilines is 1. The Bertz CT molecular complexity index is 698. The van der Waals surface area contributed by atoms with Gasteiger partial charge in [-0.2, -0.15) is 0 Å². The Morgan fingerprint density at radius 2 is 2.12 bits per heavy atom. The minimum Gasteiger partial charge on any atom is -0.448 e. The molecule has 24 heavy (non-hydrogen) atoms. The van der Waals surface area contributed by atoms with Crippen LogP contribution < -0.4 is 5.32 Å². The van der Waals surface area contributed by atoms with Crippen molar-refractivity contribution in [3.8, 4) is 0 Å². The predicted molar refractivity (Wildman–Crippen MR) is 94.4 cm³/mol. The summed E-state index contributed by atoms with van der Waals surface area (Å²) in [6, 6.07) is 11.7. The van der Waals surface area contributed by atoms with E-state index in [1.807, 2.05) is 48.7 Å². The zero-order valence-electron chi connectivity index (χ0n) is 13.5. The second-order valence-corrected chi connectivity index (χ2v) is 6.75. The molecule has 0 bridgehead atoms. The fourth-order valence-corrected chi connectivity index (χ4v) is 3.35. The number of amides is 2. The normalized spacial score (nSPS) is 15.2. The summed E-state index contributed by atoms with van der Waals surface area (Å²) in [6.45, 7) is 3.70. The van der Waals surface area contributed by atoms with Gasteiger partial charge in [0.15, 0.2) is 0 Å². The van der Waals surface area contributed by atoms with Crippen LogP contribution in [-0.2, 0) is 16.0 Å². The van der Waals surface area contributed by atoms with E-state index in [4.69, 9.17) is 4.74 Å². The van der Waals surface area contributed by atoms with Crippen molar-refractivity contribution in [1.29, 1.82) is 0 Å². The molecule has 1 N–H and O–H groups in total. The number of nitrogens with zero attached hydrogens (tertiary/aromatic N) is 1. The van der Waals surface area contributed by atoms with Crippen LogP contribution in [0.5, 0.6) is 0 Å². The lowest BCUT2D eigenvalue weighted by atomic mass is 10.1. The van der Waals surface area contributed by atoms with E-state index in [2.05, 4.69) is 5.32 Å². The Kier molecular flexibility index (Phi) is 5.15. The molecule has 126 valence electrons. The van der Waals surface area contributed by atoms with Gasteiger partial charge in [-0.25, -0.2) is 4.79 Å². The van der Waals surface area contributed by atoms with E-state index in [0.717, 1.165) is 22.5 Å². The van der Waals surface area contributed by atoms with Gasteiger partial charge in [0, 0.05) is 17.1 Å². The molecule has 0 spiro atoms. The van der Waals surface area contributed by atoms with Crippen molar-refractivity contribution in [2.24, 2.45) is 0 Å². The van der Waals surface area contributed by atoms with Gasteiger partial charge >= 0.3 is 6.09 Å². The molecule has 1 aliphatic heterocycles. The van der Waals surface area contributed by atoms with Crippen LogP contribution in [-0.4, -0.2) is 36.6 Å². The molecule has 1 saturated heterocycles. The summed E-state index contributed by atoms with van der Waals surface area (Å²) in [5.74, 6) is -0.170. The van der Waals surface area contributed by atoms with Crippen molar-refractivity contribution in [2.75, 3.05) is 25.0 Å². The van der Waals surface area contributed by atoms with E-state index in [1.54, 1.807) is 16.2 Å². The lowest BCUT2D eigenvalue weighted by molar-refractivity contribution is -0.117. The molecular weight excluding hydrogens is 324 g/mol. The minimum atomic E-state index is -0.235. The highest BCUT2D eigenvalue weighted by atomic mass is 32.1. The molecule has 2 amide bonds. The highest BCUT2D eigenvalue weighted by molar-refractivity contribution is 7.10. The summed E-state index contributed by atoms with van der Waals surface area (Å²) >= 11 is 1.59. The topological polar surface area (TPSA) is 58.6 Å². The first-order valence-corrected chi connectivity index (χ1v) is 8.86. The lowest BCUT2D eigenvalue weighted by Gasteiger charge is -2.13. The van der Waals surface area contributed by atoms with Gasteiger partial charge in [-0.05, 0) is 42.5 Å². The molecule has 1 aromatic heterocycles. The van der Waals surface area contributed by atoms with Gasteiger partial charge in [0.25, 0.3) is 0 Å². The molecule has 1 aliphatic rings. The molecule has 5 nitrogen and oxygen atoms in total. The Hall–Kier alpha value is -2.34. The number of hydrogen-bond acceptors (Lipinski definition) is 4. The van der Waals surface area contributed by atoms with Gasteiger partial charge in [0.05, 0.1) is 12.5 Å². The average Bonchev–Trinajstić information content (AvgIpc) is 3.25. The molecule has 2 heterocycles. The third-order valence-corrected chi connectivity index (χ3v) is 5.16. The summed E-state index contributed by atoms with van der Waals surface area (Å²) in [5, 5.41) is 4.92. The minimum absolute atomic E-state index is 0.00925. The van der Waals surface area contributed by atoms with Crippen LogP contribution in [0.1, 0.15) is 23.3 Å². The second-order valence-electron chi connectivity index (χ2n) is 5.77. The summed E-state index contributed by atoms with van der Waals surface area (Å²) in [4.78, 5) is 26.4. The number of nitrogens with one attached hydrogen (secondary N) is 1. The number of cyclic esters (lactones) is 1. The van der Waals surface area contributed by atoms with Crippen molar-refractivity contribution >= 4 is 29.0 Å². The second kappa shape index (κ2) is 7.49. The third kappa shape index (κ3) is 3.94. The smallest absolute Gasteiger partial charge is 0.409 e. The molecule has 1 fully saturated rings. The van der Waals surface area contributed by atoms with E-state index >= 15 is 0 Å². The van der Waals surface area contributed by atoms with Gasteiger partial charge in [0.2, 0.25) is 5.91 Å². The Morgan fingerprint density at radius 3 is 2.75 bits per heavy atom. The summed E-state index contributed by atoms with van der Waals surface area (Å²) < 4.78 is 4.91. The number of ether oxygens (including phenoxy) is 1. The number of carbonyl (C=O) groups excluding carboxylic acids is 2. The molecule has 1 atom stereocenters. The first-order chi connectivity index (χ1) is 11.6. The monoisotopic (exact) mass is 344 g/mol. The first-order valence-electron chi connectivity index (χ1n) is 7.98. The van der Waals surface area contributed by atoms with Gasteiger partial charge < -0.3 is 15.0 Å². The highest BCUT2D eigenvalue weighted by Gasteiger charge is 2.21. The van der Waals surface area contributed by atoms with E-state index in [-0.39, 0.29) is 17.9 Å². The van der Waals surface area contributed by atoms with Crippen molar-refractivity contribution in [3.63, 3.8) is 0 Å². The van der Waals surface area contributed by atoms with Crippen LogP contribution in [0.25, 0.3) is 0 Å². The van der Waals surface area contributed by atoms with Crippen molar-refractivity contribution in [3.05, 3.63) is 52.2 Å². The molecule has 0 radical (unpaired) electrons. The van der Waals surface area contributed by atoms with Crippen LogP contribution in [0, 0.1) is 0 Å². The number of hydrogen-bond donors (Lipinski definition) is 1. The van der Waals surface area contributed by atoms with Crippen molar-refractivity contribution < 1.29 is 14.3 Å². The molecule has 3 rings (SSSR count). The van der Waals surface area contributed by atoms with Crippen LogP contribution in [0.4, 0.5) is 10.5 Å². The number of rotatable bonds is 6. The van der Waals surface area contributed by atoms with Crippen LogP contribution in [0.15, 0.2) is 41.8 Å². The maximum absolute atomic E-state index is 12.3. The Balaban J connectivity index is 1.52. The molecular formula is C18H20N2O3S. The van der Waals surface area contributed by atoms with Gasteiger partial charge in [-0.15, -0.1) is 11.3 Å². The Labute approximate surface area is 145 Å². The fraction of sp³-hybridized carbons (Fsp3) is 0.333. The van der Waals surface area contributed by atoms with Gasteiger partial charge in [-0.1, -0.05) is 18.2 Å². The van der Waals surface area contributed by atoms with E-state index in [1.165, 1.54) is 0 Å². The predicted octanol–water partition coefficient (Wildman–Crippen LogP) is 3.49. The van der Waals surface area contributed by atoms with Crippen molar-refractivity contribution in [1.82, 2.24) is 4.90 Å². The molecule has 0 unspecified atom stereocenters. The summed E-state index contributed by atoms with van der Waals surface area (Å²) in [6.07, 6.45) is 0.538. The molecule has 2 aromatic rings. The molecule has 0 aliphatic carbocycles. The summed E-state index contributed by atoms with van der Waals surface area (Å²) in [5.41, 5.74) is 1.91. The molecule has 6 heteroatoms. The average molecular weight is 344 g/mol. The first kappa shape index (κ1) is 16.5. The quantitative estimate of drug-likeness (QED) is 0.873. The summed E-state index contributed by atoms with van der Waals surface area (Å²) in [7, 11) is 0. The Morgan fingerprint density at radius 1 is 1.33 bits per heavy atom. The number of benzene rings is 1. The number of thiophene rings is 1. The SMILES string of the molecule is C[C@@H](C(=O)Nc1ccc(CCN2CCOC2=O)cc1)c1cccs1. The maximum Gasteiger partial charge on any atom is 0.409 e. The van der Waals surface area contributed by atoms with Gasteiger partial charge in [-0.3, -0.25) is 4.79 Å². The molecule has 1 aromatic carbocycles. The fourth-order valence-electron chi connectivity index (χ4n) is 2.56. The zero-order valence-corrected chi connectivity index (χ0v) is 14.3. The van der Waals surface area contributed by atoms with E-state index < -0.39 is 0 Å². The largest absolute Gasteiger partial charge is 0.448 e. The van der Waals surface area contributed by atoms with Crippen molar-refractivity contribution in [2.45, 2.75) is 19.3 Å². The number of carbonyl (C=O) groups is 2. The van der Waals surface area contributed by atoms with Crippen LogP contribution in [0.2, 0.25) is 0 Å². The van der Waals surface area contributed by atoms with Gasteiger partial charge in [0.1, 0.15) is 6.61 Å². The van der Waals surface area contributed by atoms with E-state index in [9.17, 15) is 9.59 Å². The van der Waals surface area contributed by atoms with Crippen LogP contribution >= 0.6 is 11.3 Å². The van der Waals surface area contributed by atoms with E-state index in [0.29, 0.717) is 19.7 Å². The molecule has 0 saturated carbocycles. The van der Waals surface area contributed by atoms with Crippen LogP contribution in [0.3, 0.4) is 0 Å². The maximum atomic E-state index is 12.3. The third-order valence-electron chi connectivity index (χ3n) is 4.10. The zero-order chi connectivity index (χ0) is 16.9. The lowest BCUT2D eigenvalue weighted by Crippen LogP contribution is -2.26.